The Morgan fingerprint density at radius 1 is 1.10 bits per heavy atom. The van der Waals surface area contributed by atoms with E-state index in [9.17, 15) is 14.4 Å². The van der Waals surface area contributed by atoms with Crippen molar-refractivity contribution < 1.29 is 28.6 Å². The topological polar surface area (TPSA) is 78.9 Å². The lowest BCUT2D eigenvalue weighted by molar-refractivity contribution is -0.156. The lowest BCUT2D eigenvalue weighted by Gasteiger charge is -2.23. The number of esters is 3. The zero-order valence-electron chi connectivity index (χ0n) is 18.3. The average Bonchev–Trinajstić information content (AvgIpc) is 3.47. The monoisotopic (exact) mass is 418 g/mol. The zero-order chi connectivity index (χ0) is 21.9. The number of rotatable bonds is 11. The Kier molecular flexibility index (Phi) is 9.84. The highest BCUT2D eigenvalue weighted by molar-refractivity contribution is 5.70. The van der Waals surface area contributed by atoms with Gasteiger partial charge in [-0.1, -0.05) is 31.2 Å². The number of hydrogen-bond donors (Lipinski definition) is 0. The van der Waals surface area contributed by atoms with E-state index in [1.54, 1.807) is 6.08 Å². The highest BCUT2D eigenvalue weighted by Crippen LogP contribution is 2.48. The number of allylic oxidation sites excluding steroid dienone is 3. The van der Waals surface area contributed by atoms with Crippen LogP contribution in [0.25, 0.3) is 0 Å². The minimum Gasteiger partial charge on any atom is -0.462 e. The van der Waals surface area contributed by atoms with Crippen LogP contribution in [0.3, 0.4) is 0 Å². The Hall–Kier alpha value is -2.37. The van der Waals surface area contributed by atoms with E-state index >= 15 is 0 Å². The van der Waals surface area contributed by atoms with E-state index in [0.717, 1.165) is 32.1 Å². The minimum atomic E-state index is -0.420. The van der Waals surface area contributed by atoms with Crippen LogP contribution >= 0.6 is 0 Å². The lowest BCUT2D eigenvalue weighted by Crippen LogP contribution is -2.28. The Labute approximate surface area is 179 Å². The Balaban J connectivity index is 1.97. The summed E-state index contributed by atoms with van der Waals surface area (Å²) < 4.78 is 16.4. The molecule has 1 aliphatic heterocycles. The van der Waals surface area contributed by atoms with E-state index in [2.05, 4.69) is 19.1 Å². The van der Waals surface area contributed by atoms with E-state index in [-0.39, 0.29) is 35.8 Å². The molecule has 0 aromatic carbocycles. The molecule has 0 amide bonds. The van der Waals surface area contributed by atoms with Crippen molar-refractivity contribution in [3.63, 3.8) is 0 Å². The Morgan fingerprint density at radius 3 is 2.50 bits per heavy atom. The molecule has 0 N–H and O–H groups in total. The van der Waals surface area contributed by atoms with E-state index in [1.165, 1.54) is 13.8 Å². The molecule has 1 saturated carbocycles. The molecule has 1 aliphatic carbocycles. The molecule has 2 rings (SSSR count). The van der Waals surface area contributed by atoms with Crippen molar-refractivity contribution in [1.82, 2.24) is 0 Å². The first kappa shape index (κ1) is 23.9. The summed E-state index contributed by atoms with van der Waals surface area (Å²) in [6.45, 7) is 4.85. The molecular formula is C24H34O6. The molecule has 30 heavy (non-hydrogen) atoms. The first-order valence-corrected chi connectivity index (χ1v) is 10.9. The first-order valence-electron chi connectivity index (χ1n) is 10.9. The number of carbonyl (C=O) groups excluding carboxylic acids is 3. The van der Waals surface area contributed by atoms with Crippen LogP contribution in [0.4, 0.5) is 0 Å². The molecular weight excluding hydrogens is 384 g/mol. The molecule has 2 fully saturated rings. The SMILES string of the molecule is CC/C=C\C/C=C\C[C@@H](/C=C/[C@H](OC(C)=O)[C@H]1C[C@@H]1[C@H]1CCCC(=O)O1)OC(C)=O. The van der Waals surface area contributed by atoms with Crippen molar-refractivity contribution >= 4 is 17.9 Å². The fourth-order valence-electron chi connectivity index (χ4n) is 3.82. The largest absolute Gasteiger partial charge is 0.462 e. The van der Waals surface area contributed by atoms with E-state index in [1.807, 2.05) is 18.2 Å². The van der Waals surface area contributed by atoms with Gasteiger partial charge in [0.2, 0.25) is 0 Å². The standard InChI is InChI=1S/C24H34O6/c1-4-5-6-7-8-9-11-19(28-17(2)25)14-15-23(29-18(3)26)21-16-20(21)22-12-10-13-24(27)30-22/h5-6,8-9,14-15,19-23H,4,7,10-13,16H2,1-3H3/b6-5-,9-8-,15-14+/t19-,20-,21-,22+,23-/m0/s1. The van der Waals surface area contributed by atoms with Crippen LogP contribution in [0.5, 0.6) is 0 Å². The van der Waals surface area contributed by atoms with Gasteiger partial charge in [-0.15, -0.1) is 0 Å². The van der Waals surface area contributed by atoms with Crippen molar-refractivity contribution in [3.8, 4) is 0 Å². The minimum absolute atomic E-state index is 0.0916. The zero-order valence-corrected chi connectivity index (χ0v) is 18.3. The maximum Gasteiger partial charge on any atom is 0.306 e. The van der Waals surface area contributed by atoms with Gasteiger partial charge in [0.15, 0.2) is 0 Å². The normalized spacial score (nSPS) is 26.0. The molecule has 1 heterocycles. The molecule has 0 aromatic heterocycles. The number of carbonyl (C=O) groups is 3. The van der Waals surface area contributed by atoms with Crippen molar-refractivity contribution in [1.29, 1.82) is 0 Å². The van der Waals surface area contributed by atoms with E-state index in [4.69, 9.17) is 14.2 Å². The Bertz CT molecular complexity index is 677. The first-order chi connectivity index (χ1) is 14.4. The molecule has 0 bridgehead atoms. The third-order valence-electron chi connectivity index (χ3n) is 5.29. The van der Waals surface area contributed by atoms with Crippen LogP contribution < -0.4 is 0 Å². The third-order valence-corrected chi connectivity index (χ3v) is 5.29. The van der Waals surface area contributed by atoms with Crippen LogP contribution in [0.15, 0.2) is 36.5 Å². The molecule has 6 nitrogen and oxygen atoms in total. The summed E-state index contributed by atoms with van der Waals surface area (Å²) in [5, 5.41) is 0. The third kappa shape index (κ3) is 8.56. The summed E-state index contributed by atoms with van der Waals surface area (Å²) >= 11 is 0. The van der Waals surface area contributed by atoms with Gasteiger partial charge in [-0.2, -0.15) is 0 Å². The highest BCUT2D eigenvalue weighted by Gasteiger charge is 2.50. The molecule has 6 heteroatoms. The summed E-state index contributed by atoms with van der Waals surface area (Å²) in [4.78, 5) is 34.6. The van der Waals surface area contributed by atoms with Gasteiger partial charge in [0.05, 0.1) is 0 Å². The summed E-state index contributed by atoms with van der Waals surface area (Å²) in [6.07, 6.45) is 16.3. The quantitative estimate of drug-likeness (QED) is 0.280. The van der Waals surface area contributed by atoms with Crippen LogP contribution in [0.1, 0.15) is 65.7 Å². The fraction of sp³-hybridized carbons (Fsp3) is 0.625. The molecule has 1 saturated heterocycles. The van der Waals surface area contributed by atoms with Crippen LogP contribution in [0.2, 0.25) is 0 Å². The van der Waals surface area contributed by atoms with Crippen molar-refractivity contribution in [2.75, 3.05) is 0 Å². The second-order valence-corrected chi connectivity index (χ2v) is 7.91. The lowest BCUT2D eigenvalue weighted by atomic mass is 10.0. The molecule has 2 aliphatic rings. The molecule has 166 valence electrons. The van der Waals surface area contributed by atoms with Gasteiger partial charge in [-0.05, 0) is 44.3 Å². The van der Waals surface area contributed by atoms with Gasteiger partial charge < -0.3 is 14.2 Å². The molecule has 0 spiro atoms. The van der Waals surface area contributed by atoms with Gasteiger partial charge in [0.1, 0.15) is 18.3 Å². The van der Waals surface area contributed by atoms with E-state index in [0.29, 0.717) is 12.8 Å². The predicted molar refractivity (Wildman–Crippen MR) is 113 cm³/mol. The van der Waals surface area contributed by atoms with Gasteiger partial charge in [0, 0.05) is 38.5 Å². The van der Waals surface area contributed by atoms with Crippen molar-refractivity contribution in [3.05, 3.63) is 36.5 Å². The number of ether oxygens (including phenoxy) is 3. The highest BCUT2D eigenvalue weighted by atomic mass is 16.6. The van der Waals surface area contributed by atoms with Gasteiger partial charge in [0.25, 0.3) is 0 Å². The summed E-state index contributed by atoms with van der Waals surface area (Å²) in [5.41, 5.74) is 0. The predicted octanol–water partition coefficient (Wildman–Crippen LogP) is 4.44. The molecule has 0 radical (unpaired) electrons. The van der Waals surface area contributed by atoms with Crippen molar-refractivity contribution in [2.45, 2.75) is 84.0 Å². The van der Waals surface area contributed by atoms with Gasteiger partial charge in [-0.3, -0.25) is 14.4 Å². The van der Waals surface area contributed by atoms with Gasteiger partial charge in [-0.25, -0.2) is 0 Å². The summed E-state index contributed by atoms with van der Waals surface area (Å²) in [6, 6.07) is 0. The van der Waals surface area contributed by atoms with Crippen LogP contribution in [0, 0.1) is 11.8 Å². The molecule has 0 aromatic rings. The molecule has 0 unspecified atom stereocenters. The second-order valence-electron chi connectivity index (χ2n) is 7.91. The summed E-state index contributed by atoms with van der Waals surface area (Å²) in [7, 11) is 0. The second kappa shape index (κ2) is 12.4. The fourth-order valence-corrected chi connectivity index (χ4v) is 3.82. The van der Waals surface area contributed by atoms with Crippen LogP contribution in [-0.4, -0.2) is 36.2 Å². The summed E-state index contributed by atoms with van der Waals surface area (Å²) in [5.74, 6) is -0.532. The maximum atomic E-state index is 11.6. The number of cyclic esters (lactones) is 1. The molecule has 5 atom stereocenters. The number of hydrogen-bond acceptors (Lipinski definition) is 6. The average molecular weight is 419 g/mol. The van der Waals surface area contributed by atoms with Crippen molar-refractivity contribution in [2.24, 2.45) is 11.8 Å². The van der Waals surface area contributed by atoms with Gasteiger partial charge >= 0.3 is 17.9 Å². The smallest absolute Gasteiger partial charge is 0.306 e. The Morgan fingerprint density at radius 2 is 1.83 bits per heavy atom. The maximum absolute atomic E-state index is 11.6. The van der Waals surface area contributed by atoms with Crippen LogP contribution in [-0.2, 0) is 28.6 Å². The van der Waals surface area contributed by atoms with E-state index < -0.39 is 12.2 Å².